The van der Waals surface area contributed by atoms with Crippen molar-refractivity contribution in [3.63, 3.8) is 0 Å². The van der Waals surface area contributed by atoms with E-state index in [9.17, 15) is 9.59 Å². The van der Waals surface area contributed by atoms with Crippen LogP contribution in [0, 0.1) is 6.92 Å². The van der Waals surface area contributed by atoms with Crippen molar-refractivity contribution in [1.82, 2.24) is 18.9 Å². The van der Waals surface area contributed by atoms with Crippen LogP contribution in [-0.2, 0) is 7.05 Å². The van der Waals surface area contributed by atoms with E-state index in [1.54, 1.807) is 28.8 Å². The quantitative estimate of drug-likeness (QED) is 0.743. The summed E-state index contributed by atoms with van der Waals surface area (Å²) in [5.74, 6) is -0.0832. The molecular weight excluding hydrogens is 292 g/mol. The Morgan fingerprint density at radius 3 is 2.61 bits per heavy atom. The van der Waals surface area contributed by atoms with E-state index < -0.39 is 0 Å². The van der Waals surface area contributed by atoms with Crippen LogP contribution in [0.2, 0.25) is 0 Å². The molecule has 0 fully saturated rings. The van der Waals surface area contributed by atoms with Crippen molar-refractivity contribution in [1.29, 1.82) is 0 Å². The molecule has 3 aromatic rings. The van der Waals surface area contributed by atoms with E-state index in [0.717, 1.165) is 5.56 Å². The Kier molecular flexibility index (Phi) is 3.67. The number of fused-ring (bicyclic) bond motifs is 2. The lowest BCUT2D eigenvalue weighted by atomic mass is 10.3. The Hall–Kier alpha value is -2.63. The summed E-state index contributed by atoms with van der Waals surface area (Å²) in [6, 6.07) is 5.38. The summed E-state index contributed by atoms with van der Waals surface area (Å²) in [5.41, 5.74) is 2.44. The molecular formula is C17H20N4O2. The highest BCUT2D eigenvalue weighted by Crippen LogP contribution is 2.17. The van der Waals surface area contributed by atoms with Gasteiger partial charge in [-0.3, -0.25) is 14.0 Å². The SMILES string of the molecule is CCN(CC)C(=O)c1cc2c(=O)n3cc(C)ccc3nc2n1C. The molecule has 6 heteroatoms. The molecule has 0 radical (unpaired) electrons. The molecule has 0 saturated carbocycles. The number of carbonyl (C=O) groups is 1. The van der Waals surface area contributed by atoms with Crippen LogP contribution in [-0.4, -0.2) is 37.8 Å². The van der Waals surface area contributed by atoms with Gasteiger partial charge in [0.2, 0.25) is 0 Å². The van der Waals surface area contributed by atoms with Gasteiger partial charge in [0.1, 0.15) is 17.0 Å². The van der Waals surface area contributed by atoms with E-state index >= 15 is 0 Å². The zero-order valence-electron chi connectivity index (χ0n) is 13.8. The van der Waals surface area contributed by atoms with Gasteiger partial charge in [-0.15, -0.1) is 0 Å². The first-order valence-electron chi connectivity index (χ1n) is 7.75. The van der Waals surface area contributed by atoms with Crippen molar-refractivity contribution in [3.8, 4) is 0 Å². The lowest BCUT2D eigenvalue weighted by molar-refractivity contribution is 0.0764. The molecule has 3 aromatic heterocycles. The summed E-state index contributed by atoms with van der Waals surface area (Å²) in [5, 5.41) is 0.464. The number of carbonyl (C=O) groups excluding carboxylic acids is 1. The fourth-order valence-electron chi connectivity index (χ4n) is 2.85. The molecule has 3 rings (SSSR count). The lowest BCUT2D eigenvalue weighted by Crippen LogP contribution is -2.31. The molecule has 0 aliphatic heterocycles. The monoisotopic (exact) mass is 312 g/mol. The van der Waals surface area contributed by atoms with E-state index in [2.05, 4.69) is 4.98 Å². The highest BCUT2D eigenvalue weighted by Gasteiger charge is 2.20. The summed E-state index contributed by atoms with van der Waals surface area (Å²) in [7, 11) is 1.77. The number of aromatic nitrogens is 3. The molecule has 0 aliphatic carbocycles. The summed E-state index contributed by atoms with van der Waals surface area (Å²) in [6.45, 7) is 7.06. The van der Waals surface area contributed by atoms with Gasteiger partial charge in [0, 0.05) is 26.3 Å². The minimum atomic E-state index is -0.150. The molecule has 6 nitrogen and oxygen atoms in total. The van der Waals surface area contributed by atoms with Gasteiger partial charge in [0.15, 0.2) is 0 Å². The second kappa shape index (κ2) is 5.53. The van der Waals surface area contributed by atoms with Gasteiger partial charge >= 0.3 is 0 Å². The van der Waals surface area contributed by atoms with Gasteiger partial charge in [0.25, 0.3) is 11.5 Å². The third-order valence-electron chi connectivity index (χ3n) is 4.22. The Bertz CT molecular complexity index is 964. The third kappa shape index (κ3) is 2.30. The second-order valence-electron chi connectivity index (χ2n) is 5.65. The van der Waals surface area contributed by atoms with Gasteiger partial charge in [0.05, 0.1) is 5.39 Å². The number of rotatable bonds is 3. The molecule has 0 unspecified atom stereocenters. The van der Waals surface area contributed by atoms with Crippen molar-refractivity contribution in [2.45, 2.75) is 20.8 Å². The average molecular weight is 312 g/mol. The van der Waals surface area contributed by atoms with E-state index in [4.69, 9.17) is 0 Å². The normalized spacial score (nSPS) is 11.3. The molecule has 0 aromatic carbocycles. The zero-order chi connectivity index (χ0) is 16.7. The van der Waals surface area contributed by atoms with Crippen molar-refractivity contribution in [2.24, 2.45) is 7.05 Å². The highest BCUT2D eigenvalue weighted by atomic mass is 16.2. The fraction of sp³-hybridized carbons (Fsp3) is 0.353. The smallest absolute Gasteiger partial charge is 0.270 e. The summed E-state index contributed by atoms with van der Waals surface area (Å²) in [4.78, 5) is 31.6. The standard InChI is InChI=1S/C17H20N4O2/c1-5-20(6-2)17(23)13-9-12-15(19(13)4)18-14-8-7-11(3)10-21(14)16(12)22/h7-10H,5-6H2,1-4H3. The van der Waals surface area contributed by atoms with Crippen LogP contribution < -0.4 is 5.56 Å². The van der Waals surface area contributed by atoms with Gasteiger partial charge in [-0.1, -0.05) is 6.07 Å². The molecule has 0 N–H and O–H groups in total. The van der Waals surface area contributed by atoms with Crippen LogP contribution >= 0.6 is 0 Å². The number of aryl methyl sites for hydroxylation is 2. The Morgan fingerprint density at radius 1 is 1.26 bits per heavy atom. The first-order chi connectivity index (χ1) is 11.0. The fourth-order valence-corrected chi connectivity index (χ4v) is 2.85. The van der Waals surface area contributed by atoms with Crippen LogP contribution in [0.25, 0.3) is 16.7 Å². The van der Waals surface area contributed by atoms with E-state index in [0.29, 0.717) is 35.5 Å². The number of hydrogen-bond acceptors (Lipinski definition) is 3. The zero-order valence-corrected chi connectivity index (χ0v) is 13.8. The average Bonchev–Trinajstić information content (AvgIpc) is 2.87. The van der Waals surface area contributed by atoms with Crippen molar-refractivity contribution < 1.29 is 4.79 Å². The first kappa shape index (κ1) is 15.3. The van der Waals surface area contributed by atoms with Crippen LogP contribution in [0.3, 0.4) is 0 Å². The Labute approximate surface area is 134 Å². The highest BCUT2D eigenvalue weighted by molar-refractivity contribution is 5.98. The van der Waals surface area contributed by atoms with Gasteiger partial charge in [-0.25, -0.2) is 4.98 Å². The number of pyridine rings is 1. The van der Waals surface area contributed by atoms with Crippen molar-refractivity contribution in [2.75, 3.05) is 13.1 Å². The molecule has 0 aliphatic rings. The van der Waals surface area contributed by atoms with Gasteiger partial charge in [-0.05, 0) is 38.5 Å². The molecule has 0 bridgehead atoms. The van der Waals surface area contributed by atoms with Crippen molar-refractivity contribution in [3.05, 3.63) is 46.0 Å². The lowest BCUT2D eigenvalue weighted by Gasteiger charge is -2.18. The maximum atomic E-state index is 12.7. The molecule has 1 amide bonds. The number of hydrogen-bond donors (Lipinski definition) is 0. The topological polar surface area (TPSA) is 59.6 Å². The minimum Gasteiger partial charge on any atom is -0.338 e. The summed E-state index contributed by atoms with van der Waals surface area (Å²) < 4.78 is 3.24. The van der Waals surface area contributed by atoms with Crippen LogP contribution in [0.15, 0.2) is 29.2 Å². The summed E-state index contributed by atoms with van der Waals surface area (Å²) in [6.07, 6.45) is 1.77. The number of amides is 1. The largest absolute Gasteiger partial charge is 0.338 e. The van der Waals surface area contributed by atoms with Crippen molar-refractivity contribution >= 4 is 22.6 Å². The molecule has 0 spiro atoms. The van der Waals surface area contributed by atoms with Crippen LogP contribution in [0.1, 0.15) is 29.9 Å². The molecule has 3 heterocycles. The maximum Gasteiger partial charge on any atom is 0.270 e. The predicted octanol–water partition coefficient (Wildman–Crippen LogP) is 1.98. The Morgan fingerprint density at radius 2 is 1.96 bits per heavy atom. The first-order valence-corrected chi connectivity index (χ1v) is 7.75. The van der Waals surface area contributed by atoms with E-state index in [-0.39, 0.29) is 11.5 Å². The van der Waals surface area contributed by atoms with E-state index in [1.165, 1.54) is 4.40 Å². The molecule has 23 heavy (non-hydrogen) atoms. The number of nitrogens with zero attached hydrogens (tertiary/aromatic N) is 4. The second-order valence-corrected chi connectivity index (χ2v) is 5.65. The minimum absolute atomic E-state index is 0.0832. The molecule has 0 atom stereocenters. The molecule has 120 valence electrons. The summed E-state index contributed by atoms with van der Waals surface area (Å²) >= 11 is 0. The van der Waals surface area contributed by atoms with Gasteiger partial charge < -0.3 is 9.47 Å². The van der Waals surface area contributed by atoms with E-state index in [1.807, 2.05) is 32.9 Å². The predicted molar refractivity (Wildman–Crippen MR) is 89.9 cm³/mol. The van der Waals surface area contributed by atoms with Crippen LogP contribution in [0.5, 0.6) is 0 Å². The Balaban J connectivity index is 2.30. The van der Waals surface area contributed by atoms with Crippen LogP contribution in [0.4, 0.5) is 0 Å². The molecule has 0 saturated heterocycles. The third-order valence-corrected chi connectivity index (χ3v) is 4.22. The van der Waals surface area contributed by atoms with Gasteiger partial charge in [-0.2, -0.15) is 0 Å². The maximum absolute atomic E-state index is 12.7.